The molecule has 0 fully saturated rings. The molecule has 0 amide bonds. The molecule has 0 saturated carbocycles. The van der Waals surface area contributed by atoms with E-state index in [-0.39, 0.29) is 9.65 Å². The van der Waals surface area contributed by atoms with Crippen molar-refractivity contribution >= 4 is 43.8 Å². The van der Waals surface area contributed by atoms with Crippen LogP contribution in [0, 0.1) is 0 Å². The molecule has 0 N–H and O–H groups in total. The number of carbonyl (C=O) groups excluding carboxylic acids is 2. The van der Waals surface area contributed by atoms with Crippen molar-refractivity contribution in [2.24, 2.45) is 0 Å². The van der Waals surface area contributed by atoms with Gasteiger partial charge in [0.05, 0.1) is 9.65 Å². The molecule has 0 aliphatic heterocycles. The lowest BCUT2D eigenvalue weighted by atomic mass is 9.87. The Morgan fingerprint density at radius 3 is 2.24 bits per heavy atom. The molecule has 0 heterocycles. The quantitative estimate of drug-likeness (QED) is 0.426. The van der Waals surface area contributed by atoms with Crippen LogP contribution in [0.25, 0.3) is 0 Å². The lowest BCUT2D eigenvalue weighted by Gasteiger charge is -2.42. The summed E-state index contributed by atoms with van der Waals surface area (Å²) in [6.07, 6.45) is 3.15. The Hall–Kier alpha value is -0.360. The largest absolute Gasteiger partial charge is 0.457 e. The molecule has 6 heteroatoms. The van der Waals surface area contributed by atoms with Crippen LogP contribution < -0.4 is 0 Å². The molecule has 1 aliphatic rings. The number of halogens is 2. The summed E-state index contributed by atoms with van der Waals surface area (Å²) < 4.78 is 10.6. The minimum absolute atomic E-state index is 0.190. The Labute approximate surface area is 117 Å². The monoisotopic (exact) mass is 368 g/mol. The van der Waals surface area contributed by atoms with Gasteiger partial charge in [-0.15, -0.1) is 0 Å². The second-order valence-electron chi connectivity index (χ2n) is 4.04. The van der Waals surface area contributed by atoms with Crippen LogP contribution in [0.4, 0.5) is 0 Å². The van der Waals surface area contributed by atoms with E-state index in [1.165, 1.54) is 13.8 Å². The summed E-state index contributed by atoms with van der Waals surface area (Å²) in [4.78, 5) is 21.9. The van der Waals surface area contributed by atoms with Crippen LogP contribution >= 0.6 is 31.9 Å². The first-order valence-corrected chi connectivity index (χ1v) is 6.93. The van der Waals surface area contributed by atoms with Crippen LogP contribution in [-0.4, -0.2) is 33.3 Å². The molecule has 0 radical (unpaired) electrons. The Morgan fingerprint density at radius 2 is 1.76 bits per heavy atom. The topological polar surface area (TPSA) is 52.6 Å². The fraction of sp³-hybridized carbons (Fsp3) is 0.636. The highest BCUT2D eigenvalue weighted by Gasteiger charge is 2.49. The molecule has 4 nitrogen and oxygen atoms in total. The predicted octanol–water partition coefficient (Wildman–Crippen LogP) is 2.34. The molecule has 0 saturated heterocycles. The molecule has 0 bridgehead atoms. The maximum Gasteiger partial charge on any atom is 0.303 e. The van der Waals surface area contributed by atoms with Gasteiger partial charge in [0.1, 0.15) is 0 Å². The number of esters is 2. The summed E-state index contributed by atoms with van der Waals surface area (Å²) in [7, 11) is 0. The van der Waals surface area contributed by atoms with Crippen molar-refractivity contribution in [3.05, 3.63) is 12.2 Å². The first-order valence-electron chi connectivity index (χ1n) is 5.10. The van der Waals surface area contributed by atoms with E-state index < -0.39 is 23.6 Å². The fourth-order valence-corrected chi connectivity index (χ4v) is 3.09. The minimum Gasteiger partial charge on any atom is -0.457 e. The molecule has 0 aromatic carbocycles. The number of alkyl halides is 2. The highest BCUT2D eigenvalue weighted by atomic mass is 79.9. The van der Waals surface area contributed by atoms with E-state index in [9.17, 15) is 9.59 Å². The molecule has 1 rings (SSSR count). The number of hydrogen-bond donors (Lipinski definition) is 0. The van der Waals surface area contributed by atoms with E-state index in [4.69, 9.17) is 9.47 Å². The summed E-state index contributed by atoms with van der Waals surface area (Å²) in [5, 5.41) is 0. The summed E-state index contributed by atoms with van der Waals surface area (Å²) in [6.45, 7) is 4.39. The van der Waals surface area contributed by atoms with Gasteiger partial charge in [0.25, 0.3) is 0 Å². The average molecular weight is 370 g/mol. The first kappa shape index (κ1) is 14.7. The van der Waals surface area contributed by atoms with Crippen molar-refractivity contribution in [2.45, 2.75) is 42.1 Å². The lowest BCUT2D eigenvalue weighted by molar-refractivity contribution is -0.179. The van der Waals surface area contributed by atoms with Gasteiger partial charge in [-0.3, -0.25) is 9.59 Å². The van der Waals surface area contributed by atoms with Gasteiger partial charge >= 0.3 is 11.9 Å². The summed E-state index contributed by atoms with van der Waals surface area (Å²) >= 11 is 6.82. The van der Waals surface area contributed by atoms with Crippen molar-refractivity contribution in [1.82, 2.24) is 0 Å². The molecule has 0 spiro atoms. The van der Waals surface area contributed by atoms with Gasteiger partial charge in [-0.05, 0) is 6.92 Å². The molecule has 4 atom stereocenters. The molecule has 1 aliphatic carbocycles. The second-order valence-corrected chi connectivity index (χ2v) is 6.08. The maximum absolute atomic E-state index is 11.2. The van der Waals surface area contributed by atoms with Crippen LogP contribution in [0.1, 0.15) is 20.8 Å². The van der Waals surface area contributed by atoms with Crippen LogP contribution in [0.5, 0.6) is 0 Å². The van der Waals surface area contributed by atoms with Crippen LogP contribution in [0.2, 0.25) is 0 Å². The van der Waals surface area contributed by atoms with Crippen LogP contribution in [-0.2, 0) is 19.1 Å². The predicted molar refractivity (Wildman–Crippen MR) is 70.3 cm³/mol. The molecule has 0 aromatic heterocycles. The van der Waals surface area contributed by atoms with Gasteiger partial charge < -0.3 is 9.47 Å². The summed E-state index contributed by atoms with van der Waals surface area (Å²) in [6, 6.07) is 0. The van der Waals surface area contributed by atoms with Crippen molar-refractivity contribution < 1.29 is 19.1 Å². The number of rotatable bonds is 2. The third kappa shape index (κ3) is 3.31. The van der Waals surface area contributed by atoms with Crippen LogP contribution in [0.3, 0.4) is 0 Å². The molecular weight excluding hydrogens is 356 g/mol. The zero-order valence-electron chi connectivity index (χ0n) is 9.78. The van der Waals surface area contributed by atoms with Gasteiger partial charge in [0.2, 0.25) is 0 Å². The van der Waals surface area contributed by atoms with Gasteiger partial charge in [0.15, 0.2) is 11.7 Å². The SMILES string of the molecule is CC(=O)O[C@@H]1[C@@H](Br)C=C[C@@H](Br)[C@]1(C)OC(C)=O. The summed E-state index contributed by atoms with van der Waals surface area (Å²) in [5.74, 6) is -0.822. The molecule has 0 unspecified atom stereocenters. The third-order valence-electron chi connectivity index (χ3n) is 2.52. The van der Waals surface area contributed by atoms with E-state index in [2.05, 4.69) is 31.9 Å². The average Bonchev–Trinajstić information content (AvgIpc) is 2.18. The Bertz CT molecular complexity index is 355. The Kier molecular flexibility index (Phi) is 4.77. The number of carbonyl (C=O) groups is 2. The number of hydrogen-bond acceptors (Lipinski definition) is 4. The first-order chi connectivity index (χ1) is 7.77. The smallest absolute Gasteiger partial charge is 0.303 e. The Morgan fingerprint density at radius 1 is 1.18 bits per heavy atom. The normalized spacial score (nSPS) is 36.4. The van der Waals surface area contributed by atoms with E-state index >= 15 is 0 Å². The fourth-order valence-electron chi connectivity index (χ4n) is 1.75. The van der Waals surface area contributed by atoms with E-state index in [1.54, 1.807) is 6.92 Å². The highest BCUT2D eigenvalue weighted by molar-refractivity contribution is 9.10. The van der Waals surface area contributed by atoms with Crippen molar-refractivity contribution in [3.63, 3.8) is 0 Å². The summed E-state index contributed by atoms with van der Waals surface area (Å²) in [5.41, 5.74) is -0.930. The minimum atomic E-state index is -0.930. The second kappa shape index (κ2) is 5.52. The third-order valence-corrected chi connectivity index (χ3v) is 4.52. The van der Waals surface area contributed by atoms with Crippen LogP contribution in [0.15, 0.2) is 12.2 Å². The van der Waals surface area contributed by atoms with Gasteiger partial charge in [0, 0.05) is 13.8 Å². The lowest BCUT2D eigenvalue weighted by Crippen LogP contribution is -2.56. The molecular formula is C11H14Br2O4. The van der Waals surface area contributed by atoms with E-state index in [1.807, 2.05) is 12.2 Å². The molecule has 0 aromatic rings. The van der Waals surface area contributed by atoms with Crippen molar-refractivity contribution in [1.29, 1.82) is 0 Å². The van der Waals surface area contributed by atoms with Gasteiger partial charge in [-0.25, -0.2) is 0 Å². The molecule has 17 heavy (non-hydrogen) atoms. The van der Waals surface area contributed by atoms with Crippen molar-refractivity contribution in [2.75, 3.05) is 0 Å². The zero-order chi connectivity index (χ0) is 13.2. The molecule has 96 valence electrons. The van der Waals surface area contributed by atoms with E-state index in [0.717, 1.165) is 0 Å². The van der Waals surface area contributed by atoms with Crippen molar-refractivity contribution in [3.8, 4) is 0 Å². The maximum atomic E-state index is 11.2. The highest BCUT2D eigenvalue weighted by Crippen LogP contribution is 2.37. The Balaban J connectivity index is 3.04. The van der Waals surface area contributed by atoms with Gasteiger partial charge in [-0.1, -0.05) is 44.0 Å². The standard InChI is InChI=1S/C11H14Br2O4/c1-6(14)16-10-8(12)4-5-9(13)11(10,3)17-7(2)15/h4-5,8-10H,1-3H3/t8-,9+,10+,11-/m0/s1. The van der Waals surface area contributed by atoms with Gasteiger partial charge in [-0.2, -0.15) is 0 Å². The van der Waals surface area contributed by atoms with E-state index in [0.29, 0.717) is 0 Å². The zero-order valence-corrected chi connectivity index (χ0v) is 12.9. The number of ether oxygens (including phenoxy) is 2.